The van der Waals surface area contributed by atoms with E-state index in [1.54, 1.807) is 18.2 Å². The fraction of sp³-hybridized carbons (Fsp3) is 0.348. The predicted molar refractivity (Wildman–Crippen MR) is 125 cm³/mol. The van der Waals surface area contributed by atoms with E-state index in [0.717, 1.165) is 38.5 Å². The number of aryl methyl sites for hydroxylation is 2. The number of fused-ring (bicyclic) bond motifs is 2. The van der Waals surface area contributed by atoms with Gasteiger partial charge in [-0.2, -0.15) is 0 Å². The standard InChI is InChI=1S/C23H24FN5O3S/c1-13-11-15-16(28-13)3-4-17(19(15)24)32-22-18-14(2)20(33-23(18)27-12-26-22)21(30)25-5-6-29-7-9-31-10-8-29/h3-4,11-12,28H,5-10H2,1-2H3,(H,25,30). The highest BCUT2D eigenvalue weighted by Crippen LogP contribution is 2.37. The van der Waals surface area contributed by atoms with Crippen molar-refractivity contribution in [1.82, 2.24) is 25.2 Å². The third-order valence-corrected chi connectivity index (χ3v) is 6.96. The second-order valence-corrected chi connectivity index (χ2v) is 9.02. The highest BCUT2D eigenvalue weighted by Gasteiger charge is 2.22. The summed E-state index contributed by atoms with van der Waals surface area (Å²) in [5.74, 6) is -0.321. The van der Waals surface area contributed by atoms with Crippen LogP contribution in [-0.4, -0.2) is 65.2 Å². The Morgan fingerprint density at radius 1 is 1.30 bits per heavy atom. The van der Waals surface area contributed by atoms with Crippen LogP contribution in [0.5, 0.6) is 11.6 Å². The molecule has 0 saturated carbocycles. The number of carbonyl (C=O) groups excluding carboxylic acids is 1. The lowest BCUT2D eigenvalue weighted by molar-refractivity contribution is 0.0383. The van der Waals surface area contributed by atoms with Gasteiger partial charge in [0.2, 0.25) is 5.88 Å². The topological polar surface area (TPSA) is 92.4 Å². The van der Waals surface area contributed by atoms with Crippen LogP contribution in [0.2, 0.25) is 0 Å². The van der Waals surface area contributed by atoms with Crippen molar-refractivity contribution in [2.45, 2.75) is 13.8 Å². The van der Waals surface area contributed by atoms with E-state index in [1.807, 2.05) is 13.8 Å². The lowest BCUT2D eigenvalue weighted by Crippen LogP contribution is -2.41. The second kappa shape index (κ2) is 9.05. The highest BCUT2D eigenvalue weighted by atomic mass is 32.1. The molecule has 10 heteroatoms. The van der Waals surface area contributed by atoms with Crippen molar-refractivity contribution < 1.29 is 18.7 Å². The van der Waals surface area contributed by atoms with Gasteiger partial charge in [0, 0.05) is 42.8 Å². The molecule has 5 rings (SSSR count). The summed E-state index contributed by atoms with van der Waals surface area (Å²) in [7, 11) is 0. The normalized spacial score (nSPS) is 14.8. The number of H-pyrrole nitrogens is 1. The molecule has 8 nitrogen and oxygen atoms in total. The van der Waals surface area contributed by atoms with Crippen molar-refractivity contribution in [1.29, 1.82) is 0 Å². The molecule has 3 aromatic heterocycles. The molecule has 0 unspecified atom stereocenters. The first-order valence-corrected chi connectivity index (χ1v) is 11.6. The molecule has 1 amide bonds. The van der Waals surface area contributed by atoms with Gasteiger partial charge < -0.3 is 19.8 Å². The van der Waals surface area contributed by atoms with E-state index >= 15 is 4.39 Å². The number of hydrogen-bond donors (Lipinski definition) is 2. The van der Waals surface area contributed by atoms with Crippen molar-refractivity contribution in [2.75, 3.05) is 39.4 Å². The summed E-state index contributed by atoms with van der Waals surface area (Å²) in [4.78, 5) is 27.9. The number of ether oxygens (including phenoxy) is 2. The first-order chi connectivity index (χ1) is 16.0. The molecule has 0 radical (unpaired) electrons. The van der Waals surface area contributed by atoms with Crippen LogP contribution in [0.25, 0.3) is 21.1 Å². The van der Waals surface area contributed by atoms with E-state index in [1.165, 1.54) is 17.7 Å². The van der Waals surface area contributed by atoms with Crippen molar-refractivity contribution in [2.24, 2.45) is 0 Å². The molecule has 0 atom stereocenters. The van der Waals surface area contributed by atoms with Crippen molar-refractivity contribution in [3.8, 4) is 11.6 Å². The molecule has 4 heterocycles. The van der Waals surface area contributed by atoms with Gasteiger partial charge in [0.1, 0.15) is 11.2 Å². The fourth-order valence-electron chi connectivity index (χ4n) is 4.04. The summed E-state index contributed by atoms with van der Waals surface area (Å²) in [5, 5.41) is 4.06. The highest BCUT2D eigenvalue weighted by molar-refractivity contribution is 7.20. The van der Waals surface area contributed by atoms with Gasteiger partial charge in [-0.3, -0.25) is 9.69 Å². The molecule has 1 aromatic carbocycles. The zero-order valence-corrected chi connectivity index (χ0v) is 19.2. The van der Waals surface area contributed by atoms with Gasteiger partial charge in [0.15, 0.2) is 11.6 Å². The number of aromatic nitrogens is 3. The predicted octanol–water partition coefficient (Wildman–Crippen LogP) is 3.78. The maximum Gasteiger partial charge on any atom is 0.261 e. The minimum atomic E-state index is -0.461. The number of halogens is 1. The lowest BCUT2D eigenvalue weighted by Gasteiger charge is -2.26. The summed E-state index contributed by atoms with van der Waals surface area (Å²) in [6.07, 6.45) is 1.37. The quantitative estimate of drug-likeness (QED) is 0.447. The van der Waals surface area contributed by atoms with Crippen LogP contribution in [-0.2, 0) is 4.74 Å². The Kier molecular flexibility index (Phi) is 5.96. The number of benzene rings is 1. The average molecular weight is 470 g/mol. The van der Waals surface area contributed by atoms with Crippen LogP contribution in [0.15, 0.2) is 24.5 Å². The van der Waals surface area contributed by atoms with Gasteiger partial charge in [0.05, 0.1) is 23.5 Å². The molecule has 4 aromatic rings. The van der Waals surface area contributed by atoms with Crippen LogP contribution < -0.4 is 10.1 Å². The van der Waals surface area contributed by atoms with Gasteiger partial charge in [-0.25, -0.2) is 14.4 Å². The zero-order valence-electron chi connectivity index (χ0n) is 18.4. The molecular formula is C23H24FN5O3S. The Bertz CT molecular complexity index is 1330. The molecule has 1 saturated heterocycles. The van der Waals surface area contributed by atoms with Gasteiger partial charge >= 0.3 is 0 Å². The second-order valence-electron chi connectivity index (χ2n) is 8.02. The molecule has 172 valence electrons. The Labute approximate surface area is 193 Å². The molecule has 1 aliphatic heterocycles. The number of nitrogens with zero attached hydrogens (tertiary/aromatic N) is 3. The van der Waals surface area contributed by atoms with E-state index in [0.29, 0.717) is 38.1 Å². The average Bonchev–Trinajstić information content (AvgIpc) is 3.37. The third kappa shape index (κ3) is 4.29. The molecule has 0 aliphatic carbocycles. The van der Waals surface area contributed by atoms with Crippen LogP contribution in [0.1, 0.15) is 20.9 Å². The summed E-state index contributed by atoms with van der Waals surface area (Å²) in [6.45, 7) is 8.22. The number of aromatic amines is 1. The van der Waals surface area contributed by atoms with E-state index in [2.05, 4.69) is 25.2 Å². The van der Waals surface area contributed by atoms with E-state index in [-0.39, 0.29) is 17.5 Å². The van der Waals surface area contributed by atoms with Crippen molar-refractivity contribution in [3.63, 3.8) is 0 Å². The minimum absolute atomic E-state index is 0.0728. The fourth-order valence-corrected chi connectivity index (χ4v) is 5.09. The zero-order chi connectivity index (χ0) is 22.9. The Balaban J connectivity index is 1.37. The number of amides is 1. The Hall–Kier alpha value is -3.08. The van der Waals surface area contributed by atoms with Gasteiger partial charge in [-0.05, 0) is 37.6 Å². The summed E-state index contributed by atoms with van der Waals surface area (Å²) >= 11 is 1.28. The van der Waals surface area contributed by atoms with Crippen LogP contribution >= 0.6 is 11.3 Å². The summed E-state index contributed by atoms with van der Waals surface area (Å²) in [6, 6.07) is 5.08. The largest absolute Gasteiger partial charge is 0.435 e. The molecule has 1 aliphatic rings. The first-order valence-electron chi connectivity index (χ1n) is 10.8. The van der Waals surface area contributed by atoms with E-state index < -0.39 is 5.82 Å². The first kappa shape index (κ1) is 21.7. The van der Waals surface area contributed by atoms with Crippen molar-refractivity contribution in [3.05, 3.63) is 46.5 Å². The van der Waals surface area contributed by atoms with Gasteiger partial charge in [0.25, 0.3) is 5.91 Å². The van der Waals surface area contributed by atoms with Crippen LogP contribution in [0.3, 0.4) is 0 Å². The Morgan fingerprint density at radius 2 is 2.12 bits per heavy atom. The number of hydrogen-bond acceptors (Lipinski definition) is 7. The van der Waals surface area contributed by atoms with Crippen LogP contribution in [0.4, 0.5) is 4.39 Å². The maximum atomic E-state index is 15.0. The summed E-state index contributed by atoms with van der Waals surface area (Å²) in [5.41, 5.74) is 2.28. The summed E-state index contributed by atoms with van der Waals surface area (Å²) < 4.78 is 26.3. The molecule has 0 spiro atoms. The number of morpholine rings is 1. The number of carbonyl (C=O) groups is 1. The monoisotopic (exact) mass is 469 g/mol. The van der Waals surface area contributed by atoms with E-state index in [9.17, 15) is 4.79 Å². The van der Waals surface area contributed by atoms with Gasteiger partial charge in [-0.15, -0.1) is 11.3 Å². The van der Waals surface area contributed by atoms with Crippen molar-refractivity contribution >= 4 is 38.4 Å². The maximum absolute atomic E-state index is 15.0. The molecule has 1 fully saturated rings. The molecular weight excluding hydrogens is 445 g/mol. The number of nitrogens with one attached hydrogen (secondary N) is 2. The number of rotatable bonds is 6. The van der Waals surface area contributed by atoms with E-state index in [4.69, 9.17) is 9.47 Å². The Morgan fingerprint density at radius 3 is 2.94 bits per heavy atom. The molecule has 0 bridgehead atoms. The third-order valence-electron chi connectivity index (χ3n) is 5.76. The number of thiophene rings is 1. The smallest absolute Gasteiger partial charge is 0.261 e. The molecule has 2 N–H and O–H groups in total. The molecule has 33 heavy (non-hydrogen) atoms. The minimum Gasteiger partial charge on any atom is -0.435 e. The lowest BCUT2D eigenvalue weighted by atomic mass is 10.2. The van der Waals surface area contributed by atoms with Crippen LogP contribution in [0, 0.1) is 19.7 Å². The SMILES string of the molecule is Cc1cc2c(F)c(Oc3ncnc4sc(C(=O)NCCN5CCOCC5)c(C)c34)ccc2[nH]1. The van der Waals surface area contributed by atoms with Gasteiger partial charge in [-0.1, -0.05) is 0 Å².